The molecule has 0 unspecified atom stereocenters. The molecule has 0 fully saturated rings. The molecule has 0 aliphatic rings. The number of methoxy groups -OCH3 is 1. The summed E-state index contributed by atoms with van der Waals surface area (Å²) in [6.07, 6.45) is 1.03. The number of ether oxygens (including phenoxy) is 2. The van der Waals surface area contributed by atoms with E-state index in [0.717, 1.165) is 10.6 Å². The third-order valence-electron chi connectivity index (χ3n) is 3.69. The van der Waals surface area contributed by atoms with Gasteiger partial charge >= 0.3 is 5.97 Å². The summed E-state index contributed by atoms with van der Waals surface area (Å²) in [5, 5.41) is 2.61. The lowest BCUT2D eigenvalue weighted by Gasteiger charge is -2.22. The van der Waals surface area contributed by atoms with Crippen molar-refractivity contribution < 1.29 is 27.5 Å². The molecule has 28 heavy (non-hydrogen) atoms. The first kappa shape index (κ1) is 21.2. The van der Waals surface area contributed by atoms with Crippen LogP contribution in [0, 0.1) is 0 Å². The molecule has 0 bridgehead atoms. The molecular weight excluding hydrogens is 384 g/mol. The van der Waals surface area contributed by atoms with E-state index in [1.165, 1.54) is 31.4 Å². The van der Waals surface area contributed by atoms with Gasteiger partial charge in [-0.2, -0.15) is 0 Å². The highest BCUT2D eigenvalue weighted by atomic mass is 32.2. The second kappa shape index (κ2) is 9.23. The second-order valence-corrected chi connectivity index (χ2v) is 7.72. The van der Waals surface area contributed by atoms with E-state index in [1.807, 2.05) is 6.92 Å². The molecule has 0 aliphatic heterocycles. The van der Waals surface area contributed by atoms with Crippen LogP contribution in [-0.2, 0) is 19.6 Å². The first-order valence-electron chi connectivity index (χ1n) is 8.43. The highest BCUT2D eigenvalue weighted by Gasteiger charge is 2.21. The summed E-state index contributed by atoms with van der Waals surface area (Å²) in [4.78, 5) is 23.8. The van der Waals surface area contributed by atoms with Crippen LogP contribution in [0.25, 0.3) is 0 Å². The Labute approximate surface area is 164 Å². The van der Waals surface area contributed by atoms with Gasteiger partial charge in [0.2, 0.25) is 15.9 Å². The van der Waals surface area contributed by atoms with Crippen molar-refractivity contribution in [1.82, 2.24) is 0 Å². The first-order valence-corrected chi connectivity index (χ1v) is 10.3. The zero-order valence-electron chi connectivity index (χ0n) is 15.8. The fourth-order valence-electron chi connectivity index (χ4n) is 2.43. The van der Waals surface area contributed by atoms with Crippen molar-refractivity contribution in [2.45, 2.75) is 6.92 Å². The van der Waals surface area contributed by atoms with Crippen molar-refractivity contribution in [3.8, 4) is 5.75 Å². The van der Waals surface area contributed by atoms with Gasteiger partial charge in [-0.1, -0.05) is 6.07 Å². The maximum Gasteiger partial charge on any atom is 0.337 e. The predicted molar refractivity (Wildman–Crippen MR) is 106 cm³/mol. The summed E-state index contributed by atoms with van der Waals surface area (Å²) in [5.74, 6) is -0.513. The van der Waals surface area contributed by atoms with E-state index in [0.29, 0.717) is 29.3 Å². The zero-order valence-corrected chi connectivity index (χ0v) is 16.7. The fraction of sp³-hybridized carbons (Fsp3) is 0.263. The summed E-state index contributed by atoms with van der Waals surface area (Å²) in [5.41, 5.74) is 1.09. The minimum Gasteiger partial charge on any atom is -0.494 e. The Balaban J connectivity index is 2.15. The van der Waals surface area contributed by atoms with Crippen molar-refractivity contribution in [3.05, 3.63) is 54.1 Å². The Morgan fingerprint density at radius 3 is 2.36 bits per heavy atom. The van der Waals surface area contributed by atoms with Gasteiger partial charge in [0.1, 0.15) is 12.3 Å². The van der Waals surface area contributed by atoms with E-state index in [2.05, 4.69) is 10.1 Å². The lowest BCUT2D eigenvalue weighted by atomic mass is 10.2. The minimum absolute atomic E-state index is 0.324. The van der Waals surface area contributed by atoms with E-state index in [1.54, 1.807) is 24.3 Å². The Morgan fingerprint density at radius 2 is 1.79 bits per heavy atom. The van der Waals surface area contributed by atoms with Gasteiger partial charge < -0.3 is 14.8 Å². The van der Waals surface area contributed by atoms with Gasteiger partial charge in [0.25, 0.3) is 0 Å². The van der Waals surface area contributed by atoms with Crippen molar-refractivity contribution in [2.24, 2.45) is 0 Å². The topological polar surface area (TPSA) is 102 Å². The summed E-state index contributed by atoms with van der Waals surface area (Å²) in [6.45, 7) is 1.84. The Kier molecular flexibility index (Phi) is 7.00. The predicted octanol–water partition coefficient (Wildman–Crippen LogP) is 2.28. The molecule has 0 saturated heterocycles. The number of nitrogens with zero attached hydrogens (tertiary/aromatic N) is 1. The molecule has 0 aliphatic carbocycles. The van der Waals surface area contributed by atoms with Gasteiger partial charge in [-0.15, -0.1) is 0 Å². The van der Waals surface area contributed by atoms with Crippen LogP contribution >= 0.6 is 0 Å². The fourth-order valence-corrected chi connectivity index (χ4v) is 3.28. The number of carbonyl (C=O) groups excluding carboxylic acids is 2. The third kappa shape index (κ3) is 5.71. The molecule has 150 valence electrons. The molecule has 0 aromatic heterocycles. The van der Waals surface area contributed by atoms with Crippen LogP contribution in [0.2, 0.25) is 0 Å². The molecule has 0 spiro atoms. The molecule has 0 heterocycles. The summed E-state index contributed by atoms with van der Waals surface area (Å²) in [7, 11) is -2.43. The number of hydrogen-bond acceptors (Lipinski definition) is 6. The normalized spacial score (nSPS) is 10.8. The van der Waals surface area contributed by atoms with Gasteiger partial charge in [-0.3, -0.25) is 9.10 Å². The maximum atomic E-state index is 12.4. The highest BCUT2D eigenvalue weighted by Crippen LogP contribution is 2.23. The molecular formula is C19H22N2O6S. The van der Waals surface area contributed by atoms with Crippen molar-refractivity contribution in [2.75, 3.05) is 36.1 Å². The van der Waals surface area contributed by atoms with Gasteiger partial charge in [-0.05, 0) is 43.3 Å². The molecule has 9 heteroatoms. The van der Waals surface area contributed by atoms with Crippen LogP contribution < -0.4 is 14.4 Å². The molecule has 0 atom stereocenters. The van der Waals surface area contributed by atoms with Gasteiger partial charge in [0.05, 0.1) is 31.2 Å². The van der Waals surface area contributed by atoms with Crippen molar-refractivity contribution in [3.63, 3.8) is 0 Å². The molecule has 2 aromatic rings. The molecule has 2 aromatic carbocycles. The zero-order chi connectivity index (χ0) is 20.7. The summed E-state index contributed by atoms with van der Waals surface area (Å²) in [6, 6.07) is 12.6. The number of carbonyl (C=O) groups is 2. The van der Waals surface area contributed by atoms with E-state index in [-0.39, 0.29) is 0 Å². The van der Waals surface area contributed by atoms with Crippen molar-refractivity contribution >= 4 is 33.3 Å². The number of sulfonamides is 1. The average Bonchev–Trinajstić information content (AvgIpc) is 2.65. The summed E-state index contributed by atoms with van der Waals surface area (Å²) >= 11 is 0. The maximum absolute atomic E-state index is 12.4. The van der Waals surface area contributed by atoms with Crippen LogP contribution in [0.1, 0.15) is 17.3 Å². The van der Waals surface area contributed by atoms with Gasteiger partial charge in [0.15, 0.2) is 0 Å². The smallest absolute Gasteiger partial charge is 0.337 e. The number of benzene rings is 2. The van der Waals surface area contributed by atoms with Gasteiger partial charge in [0, 0.05) is 11.8 Å². The average molecular weight is 406 g/mol. The molecule has 0 radical (unpaired) electrons. The van der Waals surface area contributed by atoms with Crippen LogP contribution in [0.4, 0.5) is 11.4 Å². The number of amides is 1. The van der Waals surface area contributed by atoms with Crippen LogP contribution in [0.3, 0.4) is 0 Å². The largest absolute Gasteiger partial charge is 0.494 e. The number of esters is 1. The van der Waals surface area contributed by atoms with E-state index < -0.39 is 28.4 Å². The number of hydrogen-bond donors (Lipinski definition) is 1. The highest BCUT2D eigenvalue weighted by molar-refractivity contribution is 7.92. The Bertz CT molecular complexity index is 941. The Morgan fingerprint density at radius 1 is 1.11 bits per heavy atom. The molecule has 1 amide bonds. The molecule has 0 saturated carbocycles. The quantitative estimate of drug-likeness (QED) is 0.675. The van der Waals surface area contributed by atoms with Crippen LogP contribution in [-0.4, -0.2) is 46.8 Å². The van der Waals surface area contributed by atoms with E-state index >= 15 is 0 Å². The van der Waals surface area contributed by atoms with Gasteiger partial charge in [-0.25, -0.2) is 13.2 Å². The number of rotatable bonds is 8. The van der Waals surface area contributed by atoms with E-state index in [9.17, 15) is 18.0 Å². The lowest BCUT2D eigenvalue weighted by Crippen LogP contribution is -2.37. The SMILES string of the molecule is CCOc1cccc(N(CC(=O)Nc2ccc(C(=O)OC)cc2)S(C)(=O)=O)c1. The third-order valence-corrected chi connectivity index (χ3v) is 4.83. The number of anilines is 2. The molecule has 1 N–H and O–H groups in total. The second-order valence-electron chi connectivity index (χ2n) is 5.82. The minimum atomic E-state index is -3.70. The monoisotopic (exact) mass is 406 g/mol. The standard InChI is InChI=1S/C19H22N2O6S/c1-4-27-17-7-5-6-16(12-17)21(28(3,24)25)13-18(22)20-15-10-8-14(9-11-15)19(23)26-2/h5-12H,4,13H2,1-3H3,(H,20,22). The van der Waals surface area contributed by atoms with Crippen molar-refractivity contribution in [1.29, 1.82) is 0 Å². The lowest BCUT2D eigenvalue weighted by molar-refractivity contribution is -0.114. The van der Waals surface area contributed by atoms with Crippen LogP contribution in [0.15, 0.2) is 48.5 Å². The van der Waals surface area contributed by atoms with E-state index in [4.69, 9.17) is 4.74 Å². The summed E-state index contributed by atoms with van der Waals surface area (Å²) < 4.78 is 35.4. The Hall–Kier alpha value is -3.07. The molecule has 8 nitrogen and oxygen atoms in total. The number of nitrogens with one attached hydrogen (secondary N) is 1. The molecule has 2 rings (SSSR count). The first-order chi connectivity index (χ1) is 13.2. The van der Waals surface area contributed by atoms with Crippen LogP contribution in [0.5, 0.6) is 5.75 Å².